The van der Waals surface area contributed by atoms with Crippen molar-refractivity contribution in [2.24, 2.45) is 5.92 Å². The molecule has 1 aliphatic carbocycles. The van der Waals surface area contributed by atoms with Crippen LogP contribution < -0.4 is 10.6 Å². The molecule has 2 amide bonds. The molecule has 9 nitrogen and oxygen atoms in total. The molecule has 1 atom stereocenters. The first kappa shape index (κ1) is 32.4. The average molecular weight is 546 g/mol. The minimum Gasteiger partial charge on any atom is -0.408 e. The number of aromatic nitrogens is 2. The van der Waals surface area contributed by atoms with Crippen LogP contribution in [0.5, 0.6) is 0 Å². The van der Waals surface area contributed by atoms with Crippen molar-refractivity contribution in [3.8, 4) is 0 Å². The average Bonchev–Trinajstić information content (AvgIpc) is 3.26. The van der Waals surface area contributed by atoms with Crippen molar-refractivity contribution in [3.05, 3.63) is 5.89 Å². The lowest BCUT2D eigenvalue weighted by Crippen LogP contribution is -2.62. The molecule has 0 spiro atoms. The summed E-state index contributed by atoms with van der Waals surface area (Å²) >= 11 is 1.38. The molecule has 2 rings (SSSR count). The van der Waals surface area contributed by atoms with E-state index in [1.54, 1.807) is 0 Å². The van der Waals surface area contributed by atoms with Gasteiger partial charge >= 0.3 is 0 Å². The van der Waals surface area contributed by atoms with Crippen LogP contribution in [0.1, 0.15) is 97.2 Å². The van der Waals surface area contributed by atoms with Crippen molar-refractivity contribution < 1.29 is 18.8 Å². The monoisotopic (exact) mass is 545 g/mol. The van der Waals surface area contributed by atoms with Gasteiger partial charge in [-0.3, -0.25) is 14.4 Å². The smallest absolute Gasteiger partial charge is 0.286 e. The van der Waals surface area contributed by atoms with Crippen LogP contribution in [0.15, 0.2) is 9.64 Å². The Morgan fingerprint density at radius 3 is 2.25 bits per heavy atom. The fraction of sp³-hybridized carbons (Fsp3) is 0.800. The van der Waals surface area contributed by atoms with E-state index in [-0.39, 0.29) is 41.3 Å². The number of ketones is 1. The molecular formula is C25H44ClN5O4S. The predicted molar refractivity (Wildman–Crippen MR) is 145 cm³/mol. The van der Waals surface area contributed by atoms with Crippen LogP contribution in [0, 0.1) is 5.92 Å². The number of carbonyl (C=O) groups is 3. The van der Waals surface area contributed by atoms with E-state index in [1.807, 2.05) is 27.7 Å². The van der Waals surface area contributed by atoms with E-state index in [0.717, 1.165) is 32.4 Å². The Morgan fingerprint density at radius 1 is 1.06 bits per heavy atom. The number of nitrogens with zero attached hydrogens (tertiary/aromatic N) is 3. The van der Waals surface area contributed by atoms with Gasteiger partial charge in [0.1, 0.15) is 5.54 Å². The zero-order chi connectivity index (χ0) is 26.0. The first-order valence-corrected chi connectivity index (χ1v) is 13.9. The minimum absolute atomic E-state index is 0. The highest BCUT2D eigenvalue weighted by atomic mass is 35.5. The minimum atomic E-state index is -0.998. The van der Waals surface area contributed by atoms with E-state index in [0.29, 0.717) is 37.5 Å². The highest BCUT2D eigenvalue weighted by molar-refractivity contribution is 7.99. The third-order valence-corrected chi connectivity index (χ3v) is 7.19. The summed E-state index contributed by atoms with van der Waals surface area (Å²) in [4.78, 5) is 41.9. The van der Waals surface area contributed by atoms with Crippen LogP contribution in [0.25, 0.3) is 0 Å². The first-order chi connectivity index (χ1) is 16.6. The lowest BCUT2D eigenvalue weighted by Gasteiger charge is -2.38. The third kappa shape index (κ3) is 9.67. The summed E-state index contributed by atoms with van der Waals surface area (Å²) in [6.07, 6.45) is 4.63. The zero-order valence-corrected chi connectivity index (χ0v) is 24.2. The predicted octanol–water partition coefficient (Wildman–Crippen LogP) is 4.26. The molecular weight excluding hydrogens is 502 g/mol. The van der Waals surface area contributed by atoms with Crippen LogP contribution in [0.3, 0.4) is 0 Å². The van der Waals surface area contributed by atoms with Gasteiger partial charge in [-0.15, -0.1) is 22.6 Å². The number of thioether (sulfide) groups is 1. The summed E-state index contributed by atoms with van der Waals surface area (Å²) in [6.45, 7) is 14.5. The molecule has 1 aromatic rings. The van der Waals surface area contributed by atoms with E-state index < -0.39 is 17.4 Å². The number of nitrogens with one attached hydrogen (secondary N) is 2. The van der Waals surface area contributed by atoms with Gasteiger partial charge in [-0.2, -0.15) is 0 Å². The summed E-state index contributed by atoms with van der Waals surface area (Å²) in [5, 5.41) is 14.5. The molecule has 1 heterocycles. The Labute approximate surface area is 226 Å². The van der Waals surface area contributed by atoms with E-state index in [2.05, 4.69) is 39.6 Å². The fourth-order valence-electron chi connectivity index (χ4n) is 4.40. The lowest BCUT2D eigenvalue weighted by atomic mass is 9.80. The molecule has 1 aliphatic rings. The number of Topliss-reactive ketones (excluding diaryl/α,β-unsaturated/α-hetero) is 1. The standard InChI is InChI=1S/C25H43N5O4S.ClH/c1-7-30(8-2)15-12-20(31)27-25(13-10-9-11-14-25)23(33)26-19(16-17(3)4)21(32)22-28-29-24(34-22)35-18(5)6;/h17-19H,7-16H2,1-6H3,(H,26,33)(H,27,31);1H. The van der Waals surface area contributed by atoms with Crippen LogP contribution in [0.2, 0.25) is 0 Å². The number of halogens is 1. The van der Waals surface area contributed by atoms with Crippen LogP contribution in [-0.2, 0) is 9.59 Å². The quantitative estimate of drug-likeness (QED) is 0.263. The van der Waals surface area contributed by atoms with Gasteiger partial charge in [-0.25, -0.2) is 0 Å². The van der Waals surface area contributed by atoms with Gasteiger partial charge in [0, 0.05) is 18.2 Å². The number of hydrogen-bond donors (Lipinski definition) is 2. The van der Waals surface area contributed by atoms with Gasteiger partial charge in [0.2, 0.25) is 17.6 Å². The summed E-state index contributed by atoms with van der Waals surface area (Å²) in [5.41, 5.74) is -0.998. The highest BCUT2D eigenvalue weighted by Crippen LogP contribution is 2.29. The summed E-state index contributed by atoms with van der Waals surface area (Å²) in [6, 6.07) is -0.800. The Bertz CT molecular complexity index is 838. The molecule has 1 aromatic heterocycles. The molecule has 11 heteroatoms. The molecule has 1 fully saturated rings. The van der Waals surface area contributed by atoms with Crippen molar-refractivity contribution in [2.75, 3.05) is 19.6 Å². The number of rotatable bonds is 14. The van der Waals surface area contributed by atoms with Gasteiger partial charge < -0.3 is 20.0 Å². The van der Waals surface area contributed by atoms with Gasteiger partial charge in [0.25, 0.3) is 11.1 Å². The third-order valence-electron chi connectivity index (χ3n) is 6.35. The Balaban J connectivity index is 0.00000648. The summed E-state index contributed by atoms with van der Waals surface area (Å²) in [5.74, 6) is -0.770. The summed E-state index contributed by atoms with van der Waals surface area (Å²) in [7, 11) is 0. The topological polar surface area (TPSA) is 117 Å². The second-order valence-corrected chi connectivity index (χ2v) is 11.6. The van der Waals surface area contributed by atoms with E-state index >= 15 is 0 Å². The molecule has 206 valence electrons. The maximum absolute atomic E-state index is 13.6. The Hall–Kier alpha value is -1.65. The summed E-state index contributed by atoms with van der Waals surface area (Å²) < 4.78 is 5.58. The largest absolute Gasteiger partial charge is 0.408 e. The van der Waals surface area contributed by atoms with Crippen molar-refractivity contribution in [3.63, 3.8) is 0 Å². The Morgan fingerprint density at radius 2 is 1.69 bits per heavy atom. The zero-order valence-electron chi connectivity index (χ0n) is 22.6. The molecule has 2 N–H and O–H groups in total. The van der Waals surface area contributed by atoms with E-state index in [1.165, 1.54) is 11.8 Å². The van der Waals surface area contributed by atoms with Crippen molar-refractivity contribution in [1.29, 1.82) is 0 Å². The molecule has 1 unspecified atom stereocenters. The van der Waals surface area contributed by atoms with E-state index in [9.17, 15) is 14.4 Å². The van der Waals surface area contributed by atoms with E-state index in [4.69, 9.17) is 4.42 Å². The number of amides is 2. The van der Waals surface area contributed by atoms with Crippen molar-refractivity contribution in [1.82, 2.24) is 25.7 Å². The number of hydrogen-bond acceptors (Lipinski definition) is 8. The maximum atomic E-state index is 13.6. The SMILES string of the molecule is CCN(CC)CCC(=O)NC1(C(=O)NC(CC(C)C)C(=O)c2nnc(SC(C)C)o2)CCCCC1.Cl. The number of carbonyl (C=O) groups excluding carboxylic acids is 3. The highest BCUT2D eigenvalue weighted by Gasteiger charge is 2.42. The molecule has 0 aromatic carbocycles. The van der Waals surface area contributed by atoms with Crippen molar-refractivity contribution >= 4 is 41.8 Å². The molecule has 0 saturated heterocycles. The fourth-order valence-corrected chi connectivity index (χ4v) is 5.02. The van der Waals surface area contributed by atoms with Gasteiger partial charge in [0.15, 0.2) is 0 Å². The van der Waals surface area contributed by atoms with Gasteiger partial charge in [0.05, 0.1) is 6.04 Å². The van der Waals surface area contributed by atoms with Crippen LogP contribution in [0.4, 0.5) is 0 Å². The second kappa shape index (κ2) is 15.6. The molecule has 36 heavy (non-hydrogen) atoms. The van der Waals surface area contributed by atoms with Gasteiger partial charge in [-0.1, -0.05) is 72.6 Å². The molecule has 0 radical (unpaired) electrons. The lowest BCUT2D eigenvalue weighted by molar-refractivity contribution is -0.135. The molecule has 0 aliphatic heterocycles. The Kier molecular flexibility index (Phi) is 14.0. The normalized spacial score (nSPS) is 16.0. The van der Waals surface area contributed by atoms with Crippen LogP contribution >= 0.6 is 24.2 Å². The first-order valence-electron chi connectivity index (χ1n) is 13.0. The van der Waals surface area contributed by atoms with Gasteiger partial charge in [-0.05, 0) is 38.3 Å². The second-order valence-electron chi connectivity index (χ2n) is 10.0. The van der Waals surface area contributed by atoms with Crippen molar-refractivity contribution in [2.45, 2.75) is 109 Å². The molecule has 0 bridgehead atoms. The molecule has 1 saturated carbocycles. The van der Waals surface area contributed by atoms with Crippen LogP contribution in [-0.4, -0.2) is 69.2 Å². The maximum Gasteiger partial charge on any atom is 0.286 e.